The number of carbonyl (C=O) groups is 2. The summed E-state index contributed by atoms with van der Waals surface area (Å²) in [6, 6.07) is -0.288. The van der Waals surface area contributed by atoms with Crippen molar-refractivity contribution in [3.63, 3.8) is 0 Å². The van der Waals surface area contributed by atoms with Crippen LogP contribution in [0.3, 0.4) is 0 Å². The van der Waals surface area contributed by atoms with Gasteiger partial charge in [0.25, 0.3) is 0 Å². The number of amides is 3. The van der Waals surface area contributed by atoms with Gasteiger partial charge in [-0.05, 0) is 17.9 Å². The van der Waals surface area contributed by atoms with E-state index in [4.69, 9.17) is 0 Å². The van der Waals surface area contributed by atoms with E-state index in [1.165, 1.54) is 5.57 Å². The van der Waals surface area contributed by atoms with Crippen molar-refractivity contribution in [1.82, 2.24) is 21.1 Å². The Morgan fingerprint density at radius 1 is 1.50 bits per heavy atom. The highest BCUT2D eigenvalue weighted by atomic mass is 16.2. The third kappa shape index (κ3) is 3.40. The van der Waals surface area contributed by atoms with E-state index in [1.54, 1.807) is 4.90 Å². The quantitative estimate of drug-likeness (QED) is 0.512. The van der Waals surface area contributed by atoms with Crippen LogP contribution in [-0.4, -0.2) is 37.0 Å². The zero-order valence-electron chi connectivity index (χ0n) is 11.6. The summed E-state index contributed by atoms with van der Waals surface area (Å²) in [4.78, 5) is 23.7. The van der Waals surface area contributed by atoms with Crippen LogP contribution in [0.2, 0.25) is 0 Å². The van der Waals surface area contributed by atoms with E-state index < -0.39 is 0 Å². The predicted molar refractivity (Wildman–Crippen MR) is 76.4 cm³/mol. The first-order chi connectivity index (χ1) is 9.72. The normalized spacial score (nSPS) is 25.2. The third-order valence-corrected chi connectivity index (χ3v) is 3.54. The lowest BCUT2D eigenvalue weighted by Crippen LogP contribution is -2.49. The van der Waals surface area contributed by atoms with E-state index >= 15 is 0 Å². The summed E-state index contributed by atoms with van der Waals surface area (Å²) in [6.45, 7) is 4.10. The van der Waals surface area contributed by atoms with Gasteiger partial charge in [0.1, 0.15) is 0 Å². The summed E-state index contributed by atoms with van der Waals surface area (Å²) in [6.07, 6.45) is 9.59. The number of hydrogen-bond donors (Lipinski definition) is 3. The van der Waals surface area contributed by atoms with Crippen LogP contribution >= 0.6 is 0 Å². The Labute approximate surface area is 118 Å². The van der Waals surface area contributed by atoms with E-state index in [9.17, 15) is 9.59 Å². The Morgan fingerprint density at radius 2 is 2.35 bits per heavy atom. The molecule has 6 heteroatoms. The van der Waals surface area contributed by atoms with Crippen molar-refractivity contribution in [3.05, 3.63) is 35.6 Å². The Balaban J connectivity index is 2.09. The van der Waals surface area contributed by atoms with E-state index in [-0.39, 0.29) is 6.03 Å². The standard InChI is InChI=1S/C14H20N4O2/c1-11-5-3-2-4-7-15-13-9-18(8-6-12(11)13)14(20)17-16-10-19/h2-5,10-11,15H,6-9H2,1H3,(H,16,19)(H,17,20)/b4-2-,5-3-. The molecule has 2 aliphatic rings. The maximum atomic E-state index is 11.8. The maximum Gasteiger partial charge on any atom is 0.336 e. The lowest BCUT2D eigenvalue weighted by Gasteiger charge is -2.32. The summed E-state index contributed by atoms with van der Waals surface area (Å²) >= 11 is 0. The zero-order chi connectivity index (χ0) is 14.4. The second-order valence-electron chi connectivity index (χ2n) is 4.85. The molecule has 2 rings (SSSR count). The number of nitrogens with one attached hydrogen (secondary N) is 3. The molecule has 0 aliphatic carbocycles. The number of allylic oxidation sites excluding steroid dienone is 3. The number of nitrogens with zero attached hydrogens (tertiary/aromatic N) is 1. The number of hydrazine groups is 1. The first kappa shape index (κ1) is 14.2. The van der Waals surface area contributed by atoms with Gasteiger partial charge in [-0.25, -0.2) is 10.2 Å². The molecule has 0 radical (unpaired) electrons. The summed E-state index contributed by atoms with van der Waals surface area (Å²) < 4.78 is 0. The Kier molecular flexibility index (Phi) is 4.81. The average Bonchev–Trinajstić information content (AvgIpc) is 2.55. The molecule has 1 unspecified atom stereocenters. The van der Waals surface area contributed by atoms with Crippen molar-refractivity contribution >= 4 is 12.4 Å². The van der Waals surface area contributed by atoms with Gasteiger partial charge in [0.05, 0.1) is 6.54 Å². The zero-order valence-corrected chi connectivity index (χ0v) is 11.6. The van der Waals surface area contributed by atoms with Crippen LogP contribution in [0.4, 0.5) is 4.79 Å². The third-order valence-electron chi connectivity index (χ3n) is 3.54. The van der Waals surface area contributed by atoms with Crippen molar-refractivity contribution in [1.29, 1.82) is 0 Å². The van der Waals surface area contributed by atoms with Gasteiger partial charge in [0, 0.05) is 18.8 Å². The fraction of sp³-hybridized carbons (Fsp3) is 0.429. The van der Waals surface area contributed by atoms with Crippen LogP contribution < -0.4 is 16.2 Å². The van der Waals surface area contributed by atoms with Gasteiger partial charge in [-0.1, -0.05) is 31.2 Å². The highest BCUT2D eigenvalue weighted by molar-refractivity contribution is 5.75. The Bertz CT molecular complexity index is 468. The van der Waals surface area contributed by atoms with E-state index in [0.29, 0.717) is 25.4 Å². The fourth-order valence-electron chi connectivity index (χ4n) is 2.47. The van der Waals surface area contributed by atoms with Crippen LogP contribution in [0.15, 0.2) is 35.6 Å². The van der Waals surface area contributed by atoms with Crippen molar-refractivity contribution < 1.29 is 9.59 Å². The molecule has 0 bridgehead atoms. The van der Waals surface area contributed by atoms with Crippen LogP contribution in [0.25, 0.3) is 0 Å². The Hall–Kier alpha value is -2.24. The summed E-state index contributed by atoms with van der Waals surface area (Å²) in [7, 11) is 0. The molecule has 0 spiro atoms. The Morgan fingerprint density at radius 3 is 3.15 bits per heavy atom. The van der Waals surface area contributed by atoms with E-state index in [0.717, 1.165) is 18.7 Å². The minimum Gasteiger partial charge on any atom is -0.383 e. The monoisotopic (exact) mass is 276 g/mol. The largest absolute Gasteiger partial charge is 0.383 e. The first-order valence-electron chi connectivity index (χ1n) is 6.75. The van der Waals surface area contributed by atoms with E-state index in [2.05, 4.69) is 35.2 Å². The molecule has 6 nitrogen and oxygen atoms in total. The number of rotatable bonds is 2. The second kappa shape index (κ2) is 6.79. The predicted octanol–water partition coefficient (Wildman–Crippen LogP) is 0.669. The van der Waals surface area contributed by atoms with Crippen LogP contribution in [0, 0.1) is 5.92 Å². The van der Waals surface area contributed by atoms with Crippen LogP contribution in [0.1, 0.15) is 13.3 Å². The molecule has 3 N–H and O–H groups in total. The second-order valence-corrected chi connectivity index (χ2v) is 4.85. The molecule has 2 aliphatic heterocycles. The lowest BCUT2D eigenvalue weighted by molar-refractivity contribution is -0.110. The number of hydrogen-bond acceptors (Lipinski definition) is 3. The van der Waals surface area contributed by atoms with Gasteiger partial charge < -0.3 is 10.2 Å². The van der Waals surface area contributed by atoms with Gasteiger partial charge in [-0.3, -0.25) is 10.2 Å². The molecule has 3 amide bonds. The van der Waals surface area contributed by atoms with Crippen molar-refractivity contribution in [2.75, 3.05) is 19.6 Å². The van der Waals surface area contributed by atoms with Gasteiger partial charge in [0.2, 0.25) is 6.41 Å². The summed E-state index contributed by atoms with van der Waals surface area (Å²) in [5, 5.41) is 3.38. The molecule has 0 fully saturated rings. The smallest absolute Gasteiger partial charge is 0.336 e. The molecule has 1 atom stereocenters. The molecule has 20 heavy (non-hydrogen) atoms. The highest BCUT2D eigenvalue weighted by Gasteiger charge is 2.24. The summed E-state index contributed by atoms with van der Waals surface area (Å²) in [5.74, 6) is 0.360. The SMILES string of the molecule is CC1/C=C\C=C/CNC2=C1CCN(C(=O)NNC=O)C2. The topological polar surface area (TPSA) is 73.5 Å². The minimum atomic E-state index is -0.288. The lowest BCUT2D eigenvalue weighted by atomic mass is 9.92. The van der Waals surface area contributed by atoms with Crippen molar-refractivity contribution in [2.24, 2.45) is 5.92 Å². The molecule has 108 valence electrons. The molecule has 0 saturated heterocycles. The molecule has 2 heterocycles. The average molecular weight is 276 g/mol. The molecule has 0 aromatic carbocycles. The maximum absolute atomic E-state index is 11.8. The fourth-order valence-corrected chi connectivity index (χ4v) is 2.47. The summed E-state index contributed by atoms with van der Waals surface area (Å²) in [5.41, 5.74) is 6.96. The van der Waals surface area contributed by atoms with Gasteiger partial charge >= 0.3 is 6.03 Å². The number of carbonyl (C=O) groups excluding carboxylic acids is 2. The molecule has 0 saturated carbocycles. The highest BCUT2D eigenvalue weighted by Crippen LogP contribution is 2.25. The van der Waals surface area contributed by atoms with Gasteiger partial charge in [0.15, 0.2) is 0 Å². The van der Waals surface area contributed by atoms with Gasteiger partial charge in [-0.15, -0.1) is 0 Å². The molecule has 0 aromatic heterocycles. The molecular formula is C14H20N4O2. The number of urea groups is 1. The van der Waals surface area contributed by atoms with Crippen LogP contribution in [-0.2, 0) is 4.79 Å². The molecule has 0 aromatic rings. The van der Waals surface area contributed by atoms with Crippen LogP contribution in [0.5, 0.6) is 0 Å². The first-order valence-corrected chi connectivity index (χ1v) is 6.75. The van der Waals surface area contributed by atoms with E-state index in [1.807, 2.05) is 12.2 Å². The van der Waals surface area contributed by atoms with Gasteiger partial charge in [-0.2, -0.15) is 0 Å². The van der Waals surface area contributed by atoms with Crippen molar-refractivity contribution in [3.8, 4) is 0 Å². The van der Waals surface area contributed by atoms with Crippen molar-refractivity contribution in [2.45, 2.75) is 13.3 Å². The minimum absolute atomic E-state index is 0.288. The molecular weight excluding hydrogens is 256 g/mol.